The van der Waals surface area contributed by atoms with Gasteiger partial charge in [-0.05, 0) is 42.5 Å². The second-order valence-corrected chi connectivity index (χ2v) is 4.72. The lowest BCUT2D eigenvalue weighted by molar-refractivity contribution is 0.0956. The average Bonchev–Trinajstić information content (AvgIpc) is 2.60. The largest absolute Gasteiger partial charge is 0.349 e. The average molecular weight is 305 g/mol. The summed E-state index contributed by atoms with van der Waals surface area (Å²) in [5, 5.41) is 14.2. The highest BCUT2D eigenvalue weighted by molar-refractivity contribution is 6.05. The van der Waals surface area contributed by atoms with Gasteiger partial charge in [0, 0.05) is 23.4 Å². The third kappa shape index (κ3) is 4.29. The maximum absolute atomic E-state index is 12.2. The molecular formula is C18H15N3O2. The Morgan fingerprint density at radius 2 is 1.74 bits per heavy atom. The Hall–Kier alpha value is -3.39. The third-order valence-corrected chi connectivity index (χ3v) is 3.07. The Balaban J connectivity index is 2.06. The number of amides is 2. The highest BCUT2D eigenvalue weighted by atomic mass is 16.2. The van der Waals surface area contributed by atoms with Crippen LogP contribution in [0.5, 0.6) is 0 Å². The van der Waals surface area contributed by atoms with E-state index < -0.39 is 0 Å². The molecule has 0 saturated carbocycles. The summed E-state index contributed by atoms with van der Waals surface area (Å²) >= 11 is 0. The van der Waals surface area contributed by atoms with Crippen molar-refractivity contribution in [1.82, 2.24) is 5.32 Å². The van der Waals surface area contributed by atoms with Crippen LogP contribution in [0.3, 0.4) is 0 Å². The zero-order chi connectivity index (χ0) is 16.7. The lowest BCUT2D eigenvalue weighted by atomic mass is 10.1. The topological polar surface area (TPSA) is 82.0 Å². The molecule has 0 radical (unpaired) electrons. The summed E-state index contributed by atoms with van der Waals surface area (Å²) < 4.78 is 0. The Labute approximate surface area is 134 Å². The number of anilines is 1. The molecule has 2 aromatic carbocycles. The zero-order valence-corrected chi connectivity index (χ0v) is 12.4. The fourth-order valence-corrected chi connectivity index (χ4v) is 1.91. The molecule has 0 saturated heterocycles. The van der Waals surface area contributed by atoms with E-state index in [1.165, 1.54) is 0 Å². The molecule has 0 aliphatic carbocycles. The lowest BCUT2D eigenvalue weighted by Crippen LogP contribution is -2.23. The van der Waals surface area contributed by atoms with Gasteiger partial charge in [-0.3, -0.25) is 9.59 Å². The van der Waals surface area contributed by atoms with Gasteiger partial charge in [-0.25, -0.2) is 0 Å². The molecule has 2 aromatic rings. The second-order valence-electron chi connectivity index (χ2n) is 4.72. The zero-order valence-electron chi connectivity index (χ0n) is 12.4. The van der Waals surface area contributed by atoms with Crippen molar-refractivity contribution in [2.45, 2.75) is 0 Å². The van der Waals surface area contributed by atoms with Gasteiger partial charge in [-0.2, -0.15) is 5.26 Å². The molecule has 0 spiro atoms. The predicted octanol–water partition coefficient (Wildman–Crippen LogP) is 2.73. The Morgan fingerprint density at radius 1 is 1.09 bits per heavy atom. The van der Waals surface area contributed by atoms with Crippen LogP contribution in [0.1, 0.15) is 26.3 Å². The van der Waals surface area contributed by atoms with Crippen molar-refractivity contribution in [2.75, 3.05) is 11.9 Å². The van der Waals surface area contributed by atoms with Crippen LogP contribution in [0.15, 0.2) is 61.2 Å². The van der Waals surface area contributed by atoms with Gasteiger partial charge in [-0.1, -0.05) is 12.1 Å². The summed E-state index contributed by atoms with van der Waals surface area (Å²) in [6, 6.07) is 15.0. The number of carbonyl (C=O) groups excluding carboxylic acids is 2. The number of hydrogen-bond acceptors (Lipinski definition) is 3. The summed E-state index contributed by atoms with van der Waals surface area (Å²) in [6.07, 6.45) is 1.59. The fourth-order valence-electron chi connectivity index (χ4n) is 1.91. The van der Waals surface area contributed by atoms with Gasteiger partial charge in [0.25, 0.3) is 11.8 Å². The first-order valence-corrected chi connectivity index (χ1v) is 6.94. The molecule has 0 atom stereocenters. The summed E-state index contributed by atoms with van der Waals surface area (Å²) in [6.45, 7) is 3.91. The van der Waals surface area contributed by atoms with Gasteiger partial charge in [0.1, 0.15) is 0 Å². The predicted molar refractivity (Wildman–Crippen MR) is 88.1 cm³/mol. The van der Waals surface area contributed by atoms with Crippen molar-refractivity contribution in [3.05, 3.63) is 77.9 Å². The minimum absolute atomic E-state index is 0.224. The van der Waals surface area contributed by atoms with E-state index in [9.17, 15) is 9.59 Å². The SMILES string of the molecule is C=CCNC(=O)c1ccc(C(=O)Nc2cccc(C#N)c2)cc1. The highest BCUT2D eigenvalue weighted by Crippen LogP contribution is 2.12. The Morgan fingerprint density at radius 3 is 2.35 bits per heavy atom. The summed E-state index contributed by atoms with van der Waals surface area (Å²) in [5.41, 5.74) is 1.90. The quantitative estimate of drug-likeness (QED) is 0.833. The van der Waals surface area contributed by atoms with Crippen LogP contribution in [0, 0.1) is 11.3 Å². The first-order valence-electron chi connectivity index (χ1n) is 6.94. The standard InChI is InChI=1S/C18H15N3O2/c1-2-10-20-17(22)14-6-8-15(9-7-14)18(23)21-16-5-3-4-13(11-16)12-19/h2-9,11H,1,10H2,(H,20,22)(H,21,23). The molecule has 5 heteroatoms. The molecule has 0 fully saturated rings. The minimum atomic E-state index is -0.307. The van der Waals surface area contributed by atoms with Gasteiger partial charge in [0.2, 0.25) is 0 Å². The number of rotatable bonds is 5. The molecule has 2 N–H and O–H groups in total. The molecule has 0 unspecified atom stereocenters. The molecular weight excluding hydrogens is 290 g/mol. The molecule has 0 aromatic heterocycles. The van der Waals surface area contributed by atoms with Gasteiger partial charge in [-0.15, -0.1) is 6.58 Å². The molecule has 5 nitrogen and oxygen atoms in total. The van der Waals surface area contributed by atoms with Gasteiger partial charge in [0.15, 0.2) is 0 Å². The van der Waals surface area contributed by atoms with Crippen molar-refractivity contribution >= 4 is 17.5 Å². The number of benzene rings is 2. The molecule has 0 aliphatic heterocycles. The molecule has 2 amide bonds. The molecule has 2 rings (SSSR count). The Kier molecular flexibility index (Phi) is 5.26. The van der Waals surface area contributed by atoms with E-state index in [-0.39, 0.29) is 11.8 Å². The van der Waals surface area contributed by atoms with Crippen LogP contribution in [-0.4, -0.2) is 18.4 Å². The fraction of sp³-hybridized carbons (Fsp3) is 0.0556. The van der Waals surface area contributed by atoms with Crippen LogP contribution < -0.4 is 10.6 Å². The van der Waals surface area contributed by atoms with Crippen LogP contribution in [0.2, 0.25) is 0 Å². The first-order chi connectivity index (χ1) is 11.1. The number of hydrogen-bond donors (Lipinski definition) is 2. The van der Waals surface area contributed by atoms with Crippen molar-refractivity contribution in [3.63, 3.8) is 0 Å². The first kappa shape index (κ1) is 16.0. The highest BCUT2D eigenvalue weighted by Gasteiger charge is 2.09. The number of nitriles is 1. The normalized spacial score (nSPS) is 9.52. The second kappa shape index (κ2) is 7.57. The van der Waals surface area contributed by atoms with E-state index >= 15 is 0 Å². The minimum Gasteiger partial charge on any atom is -0.349 e. The van der Waals surface area contributed by atoms with E-state index in [1.54, 1.807) is 54.6 Å². The van der Waals surface area contributed by atoms with Crippen molar-refractivity contribution in [3.8, 4) is 6.07 Å². The number of carbonyl (C=O) groups is 2. The van der Waals surface area contributed by atoms with Gasteiger partial charge >= 0.3 is 0 Å². The maximum atomic E-state index is 12.2. The molecule has 114 valence electrons. The summed E-state index contributed by atoms with van der Waals surface area (Å²) in [5.74, 6) is -0.531. The monoisotopic (exact) mass is 305 g/mol. The van der Waals surface area contributed by atoms with E-state index in [2.05, 4.69) is 17.2 Å². The molecule has 0 bridgehead atoms. The molecule has 23 heavy (non-hydrogen) atoms. The third-order valence-electron chi connectivity index (χ3n) is 3.07. The molecule has 0 heterocycles. The van der Waals surface area contributed by atoms with E-state index in [0.29, 0.717) is 28.9 Å². The van der Waals surface area contributed by atoms with Crippen LogP contribution in [-0.2, 0) is 0 Å². The van der Waals surface area contributed by atoms with Crippen LogP contribution >= 0.6 is 0 Å². The maximum Gasteiger partial charge on any atom is 0.255 e. The smallest absolute Gasteiger partial charge is 0.255 e. The summed E-state index contributed by atoms with van der Waals surface area (Å²) in [4.78, 5) is 23.9. The van der Waals surface area contributed by atoms with Crippen molar-refractivity contribution < 1.29 is 9.59 Å². The van der Waals surface area contributed by atoms with E-state index in [0.717, 1.165) is 0 Å². The summed E-state index contributed by atoms with van der Waals surface area (Å²) in [7, 11) is 0. The van der Waals surface area contributed by atoms with Crippen LogP contribution in [0.25, 0.3) is 0 Å². The molecule has 0 aliphatic rings. The van der Waals surface area contributed by atoms with Gasteiger partial charge < -0.3 is 10.6 Å². The number of nitrogens with zero attached hydrogens (tertiary/aromatic N) is 1. The lowest BCUT2D eigenvalue weighted by Gasteiger charge is -2.07. The van der Waals surface area contributed by atoms with E-state index in [4.69, 9.17) is 5.26 Å². The Bertz CT molecular complexity index is 774. The van der Waals surface area contributed by atoms with E-state index in [1.807, 2.05) is 6.07 Å². The van der Waals surface area contributed by atoms with Gasteiger partial charge in [0.05, 0.1) is 11.6 Å². The number of nitrogens with one attached hydrogen (secondary N) is 2. The van der Waals surface area contributed by atoms with Crippen molar-refractivity contribution in [2.24, 2.45) is 0 Å². The van der Waals surface area contributed by atoms with Crippen molar-refractivity contribution in [1.29, 1.82) is 5.26 Å². The van der Waals surface area contributed by atoms with Crippen LogP contribution in [0.4, 0.5) is 5.69 Å².